The van der Waals surface area contributed by atoms with E-state index in [1.165, 1.54) is 0 Å². The van der Waals surface area contributed by atoms with Crippen LogP contribution in [0.1, 0.15) is 25.0 Å². The summed E-state index contributed by atoms with van der Waals surface area (Å²) in [5.74, 6) is 0.958. The van der Waals surface area contributed by atoms with E-state index in [-0.39, 0.29) is 10.8 Å². The van der Waals surface area contributed by atoms with Gasteiger partial charge in [0.2, 0.25) is 0 Å². The lowest BCUT2D eigenvalue weighted by Crippen LogP contribution is -2.31. The van der Waals surface area contributed by atoms with Gasteiger partial charge in [0, 0.05) is 27.6 Å². The molecule has 1 aromatic carbocycles. The second-order valence-electron chi connectivity index (χ2n) is 4.26. The molecule has 1 nitrogen and oxygen atoms in total. The van der Waals surface area contributed by atoms with Crippen LogP contribution in [0.5, 0.6) is 0 Å². The Morgan fingerprint density at radius 3 is 2.78 bits per heavy atom. The number of rotatable bonds is 3. The molecule has 5 heteroatoms. The van der Waals surface area contributed by atoms with Gasteiger partial charge in [-0.15, -0.1) is 0 Å². The largest absolute Gasteiger partial charge is 0.387 e. The minimum absolute atomic E-state index is 0.0648. The summed E-state index contributed by atoms with van der Waals surface area (Å²) in [4.78, 5) is 0. The van der Waals surface area contributed by atoms with Gasteiger partial charge in [0.1, 0.15) is 11.6 Å². The van der Waals surface area contributed by atoms with E-state index < -0.39 is 17.7 Å². The molecule has 1 heterocycles. The van der Waals surface area contributed by atoms with Crippen LogP contribution in [0.4, 0.5) is 8.78 Å². The number of hydrogen-bond donors (Lipinski definition) is 1. The van der Waals surface area contributed by atoms with Crippen molar-refractivity contribution < 1.29 is 13.9 Å². The van der Waals surface area contributed by atoms with Crippen molar-refractivity contribution in [2.24, 2.45) is 0 Å². The van der Waals surface area contributed by atoms with Crippen LogP contribution < -0.4 is 0 Å². The van der Waals surface area contributed by atoms with E-state index in [0.717, 1.165) is 36.1 Å². The molecule has 2 rings (SSSR count). The average Bonchev–Trinajstić information content (AvgIpc) is 2.40. The van der Waals surface area contributed by atoms with Gasteiger partial charge in [0.05, 0.1) is 6.10 Å². The van der Waals surface area contributed by atoms with Gasteiger partial charge in [0.25, 0.3) is 0 Å². The van der Waals surface area contributed by atoms with E-state index >= 15 is 0 Å². The van der Waals surface area contributed by atoms with Crippen molar-refractivity contribution in [1.29, 1.82) is 0 Å². The average molecular weight is 290 g/mol. The van der Waals surface area contributed by atoms with Crippen LogP contribution in [0.2, 0.25) is 0 Å². The van der Waals surface area contributed by atoms with Crippen molar-refractivity contribution in [1.82, 2.24) is 0 Å². The number of thioether (sulfide) groups is 2. The molecule has 1 N–H and O–H groups in total. The molecular weight excluding hydrogens is 274 g/mol. The fourth-order valence-corrected chi connectivity index (χ4v) is 5.28. The Bertz CT molecular complexity index is 414. The summed E-state index contributed by atoms with van der Waals surface area (Å²) >= 11 is 3.46. The number of halogens is 2. The summed E-state index contributed by atoms with van der Waals surface area (Å²) in [7, 11) is 0. The summed E-state index contributed by atoms with van der Waals surface area (Å²) in [6.45, 7) is 2.06. The Balaban J connectivity index is 2.23. The van der Waals surface area contributed by atoms with Crippen molar-refractivity contribution in [2.75, 3.05) is 11.5 Å². The predicted molar refractivity (Wildman–Crippen MR) is 74.1 cm³/mol. The number of aliphatic hydroxyl groups excluding tert-OH is 1. The molecule has 0 bridgehead atoms. The maximum Gasteiger partial charge on any atom is 0.129 e. The second kappa shape index (κ2) is 6.26. The van der Waals surface area contributed by atoms with Gasteiger partial charge in [-0.05, 0) is 24.6 Å². The fraction of sp³-hybridized carbons (Fsp3) is 0.538. The van der Waals surface area contributed by atoms with Crippen molar-refractivity contribution in [3.05, 3.63) is 35.4 Å². The van der Waals surface area contributed by atoms with Gasteiger partial charge in [-0.25, -0.2) is 8.78 Å². The van der Waals surface area contributed by atoms with E-state index in [4.69, 9.17) is 0 Å². The lowest BCUT2D eigenvalue weighted by Gasteiger charge is -2.33. The normalized spacial score (nSPS) is 26.0. The lowest BCUT2D eigenvalue weighted by atomic mass is 10.0. The van der Waals surface area contributed by atoms with Gasteiger partial charge >= 0.3 is 0 Å². The van der Waals surface area contributed by atoms with Gasteiger partial charge in [-0.3, -0.25) is 0 Å². The molecule has 100 valence electrons. The standard InChI is InChI=1S/C13H16F2OS2/c1-2-11-13(18-6-5-17-11)12(16)9-7-8(14)3-4-10(9)15/h3-4,7,11-13,16H,2,5-6H2,1H3. The van der Waals surface area contributed by atoms with Crippen LogP contribution in [0.15, 0.2) is 18.2 Å². The third-order valence-electron chi connectivity index (χ3n) is 3.08. The quantitative estimate of drug-likeness (QED) is 0.918. The molecule has 3 atom stereocenters. The summed E-state index contributed by atoms with van der Waals surface area (Å²) in [5.41, 5.74) is 0.0773. The first-order valence-corrected chi connectivity index (χ1v) is 8.09. The molecule has 1 aromatic rings. The fourth-order valence-electron chi connectivity index (χ4n) is 2.15. The molecule has 0 amide bonds. The van der Waals surface area contributed by atoms with Crippen molar-refractivity contribution >= 4 is 23.5 Å². The Labute approximate surface area is 114 Å². The van der Waals surface area contributed by atoms with E-state index in [1.807, 2.05) is 11.8 Å². The molecule has 0 radical (unpaired) electrons. The van der Waals surface area contributed by atoms with Crippen molar-refractivity contribution in [3.63, 3.8) is 0 Å². The molecule has 1 saturated heterocycles. The van der Waals surface area contributed by atoms with Gasteiger partial charge in [-0.1, -0.05) is 6.92 Å². The maximum absolute atomic E-state index is 13.7. The number of aliphatic hydroxyl groups is 1. The molecule has 0 aliphatic carbocycles. The van der Waals surface area contributed by atoms with Crippen LogP contribution in [0.25, 0.3) is 0 Å². The smallest absolute Gasteiger partial charge is 0.129 e. The third kappa shape index (κ3) is 3.00. The SMILES string of the molecule is CCC1SCCSC1C(O)c1cc(F)ccc1F. The predicted octanol–water partition coefficient (Wildman–Crippen LogP) is 3.63. The summed E-state index contributed by atoms with van der Waals surface area (Å²) in [5, 5.41) is 10.5. The van der Waals surface area contributed by atoms with E-state index in [0.29, 0.717) is 5.25 Å². The number of hydrogen-bond acceptors (Lipinski definition) is 3. The van der Waals surface area contributed by atoms with Crippen LogP contribution in [-0.2, 0) is 0 Å². The topological polar surface area (TPSA) is 20.2 Å². The van der Waals surface area contributed by atoms with Gasteiger partial charge < -0.3 is 5.11 Å². The zero-order valence-corrected chi connectivity index (χ0v) is 11.7. The van der Waals surface area contributed by atoms with Crippen molar-refractivity contribution in [3.8, 4) is 0 Å². The maximum atomic E-state index is 13.7. The van der Waals surface area contributed by atoms with E-state index in [1.54, 1.807) is 11.8 Å². The van der Waals surface area contributed by atoms with Crippen molar-refractivity contribution in [2.45, 2.75) is 29.9 Å². The first-order valence-electron chi connectivity index (χ1n) is 5.99. The number of benzene rings is 1. The summed E-state index contributed by atoms with van der Waals surface area (Å²) < 4.78 is 26.8. The molecule has 1 aliphatic heterocycles. The van der Waals surface area contributed by atoms with Crippen LogP contribution >= 0.6 is 23.5 Å². The molecule has 1 aliphatic rings. The van der Waals surface area contributed by atoms with E-state index in [2.05, 4.69) is 6.92 Å². The molecule has 0 saturated carbocycles. The molecule has 3 unspecified atom stereocenters. The molecule has 18 heavy (non-hydrogen) atoms. The van der Waals surface area contributed by atoms with Gasteiger partial charge in [-0.2, -0.15) is 23.5 Å². The molecule has 1 fully saturated rings. The highest BCUT2D eigenvalue weighted by molar-refractivity contribution is 8.07. The second-order valence-corrected chi connectivity index (χ2v) is 6.90. The lowest BCUT2D eigenvalue weighted by molar-refractivity contribution is 0.167. The molecular formula is C13H16F2OS2. The Hall–Kier alpha value is -0.260. The Morgan fingerprint density at radius 1 is 1.33 bits per heavy atom. The third-order valence-corrected chi connectivity index (χ3v) is 6.42. The van der Waals surface area contributed by atoms with Crippen LogP contribution in [0, 0.1) is 11.6 Å². The minimum atomic E-state index is -0.941. The first kappa shape index (κ1) is 14.2. The monoisotopic (exact) mass is 290 g/mol. The highest BCUT2D eigenvalue weighted by Gasteiger charge is 2.33. The van der Waals surface area contributed by atoms with Crippen LogP contribution in [-0.4, -0.2) is 27.1 Å². The Kier molecular flexibility index (Phi) is 4.92. The Morgan fingerprint density at radius 2 is 2.06 bits per heavy atom. The highest BCUT2D eigenvalue weighted by Crippen LogP contribution is 2.40. The summed E-state index contributed by atoms with van der Waals surface area (Å²) in [6, 6.07) is 3.26. The van der Waals surface area contributed by atoms with Gasteiger partial charge in [0.15, 0.2) is 0 Å². The highest BCUT2D eigenvalue weighted by atomic mass is 32.2. The molecule has 0 spiro atoms. The zero-order chi connectivity index (χ0) is 13.1. The minimum Gasteiger partial charge on any atom is -0.387 e. The molecule has 0 aromatic heterocycles. The first-order chi connectivity index (χ1) is 8.63. The summed E-state index contributed by atoms with van der Waals surface area (Å²) in [6.07, 6.45) is -0.0143. The van der Waals surface area contributed by atoms with E-state index in [9.17, 15) is 13.9 Å². The van der Waals surface area contributed by atoms with Crippen LogP contribution in [0.3, 0.4) is 0 Å². The zero-order valence-electron chi connectivity index (χ0n) is 10.1.